The van der Waals surface area contributed by atoms with Crippen molar-refractivity contribution in [2.75, 3.05) is 0 Å². The van der Waals surface area contributed by atoms with E-state index in [2.05, 4.69) is 4.98 Å². The van der Waals surface area contributed by atoms with Gasteiger partial charge in [0.05, 0.1) is 11.1 Å². The van der Waals surface area contributed by atoms with Crippen LogP contribution in [0.1, 0.15) is 58.6 Å². The van der Waals surface area contributed by atoms with Crippen LogP contribution in [0.25, 0.3) is 11.1 Å². The Labute approximate surface area is 214 Å². The number of amides is 1. The molecule has 1 spiro atoms. The second kappa shape index (κ2) is 9.13. The van der Waals surface area contributed by atoms with Crippen molar-refractivity contribution in [3.05, 3.63) is 88.0 Å². The molecule has 0 bridgehead atoms. The SMILES string of the molecule is O=C(O)C1c2cc(-c3cccnc3Cl)ccc2C(=O)N(Cc2ccc(C(F)(F)F)c(F)c2)C12CCCC2. The lowest BCUT2D eigenvalue weighted by atomic mass is 9.71. The highest BCUT2D eigenvalue weighted by atomic mass is 35.5. The summed E-state index contributed by atoms with van der Waals surface area (Å²) in [5, 5.41) is 10.6. The molecule has 2 aliphatic rings. The van der Waals surface area contributed by atoms with Gasteiger partial charge in [-0.2, -0.15) is 13.2 Å². The highest BCUT2D eigenvalue weighted by Gasteiger charge is 2.56. The van der Waals surface area contributed by atoms with Gasteiger partial charge in [-0.05, 0) is 65.9 Å². The molecule has 1 fully saturated rings. The van der Waals surface area contributed by atoms with Crippen LogP contribution in [0.3, 0.4) is 0 Å². The summed E-state index contributed by atoms with van der Waals surface area (Å²) >= 11 is 6.25. The number of carbonyl (C=O) groups is 2. The van der Waals surface area contributed by atoms with Crippen LogP contribution < -0.4 is 0 Å². The minimum absolute atomic E-state index is 0.150. The molecule has 1 aliphatic heterocycles. The second-order valence-electron chi connectivity index (χ2n) is 9.43. The average Bonchev–Trinajstić information content (AvgIpc) is 3.30. The summed E-state index contributed by atoms with van der Waals surface area (Å²) in [5.74, 6) is -4.09. The third-order valence-electron chi connectivity index (χ3n) is 7.38. The molecule has 0 saturated heterocycles. The fraction of sp³-hybridized carbons (Fsp3) is 0.296. The number of carboxylic acids is 1. The first-order valence-electron chi connectivity index (χ1n) is 11.7. The molecule has 192 valence electrons. The highest BCUT2D eigenvalue weighted by molar-refractivity contribution is 6.32. The largest absolute Gasteiger partial charge is 0.481 e. The number of benzene rings is 2. The van der Waals surface area contributed by atoms with Crippen LogP contribution in [0.4, 0.5) is 17.6 Å². The first-order chi connectivity index (χ1) is 17.5. The molecule has 1 unspecified atom stereocenters. The third kappa shape index (κ3) is 4.25. The van der Waals surface area contributed by atoms with Crippen LogP contribution in [0, 0.1) is 5.82 Å². The Bertz CT molecular complexity index is 1400. The van der Waals surface area contributed by atoms with Crippen LogP contribution in [-0.4, -0.2) is 32.4 Å². The summed E-state index contributed by atoms with van der Waals surface area (Å²) in [4.78, 5) is 32.0. The lowest BCUT2D eigenvalue weighted by Gasteiger charge is -2.49. The van der Waals surface area contributed by atoms with Crippen LogP contribution in [0.5, 0.6) is 0 Å². The van der Waals surface area contributed by atoms with Crippen LogP contribution >= 0.6 is 11.6 Å². The van der Waals surface area contributed by atoms with Gasteiger partial charge in [0.25, 0.3) is 5.91 Å². The quantitative estimate of drug-likeness (QED) is 0.300. The van der Waals surface area contributed by atoms with Gasteiger partial charge in [0.15, 0.2) is 0 Å². The monoisotopic (exact) mass is 532 g/mol. The lowest BCUT2D eigenvalue weighted by Crippen LogP contribution is -2.58. The van der Waals surface area contributed by atoms with Gasteiger partial charge in [0.2, 0.25) is 0 Å². The number of alkyl halides is 3. The molecular formula is C27H21ClF4N2O3. The maximum Gasteiger partial charge on any atom is 0.419 e. The summed E-state index contributed by atoms with van der Waals surface area (Å²) in [5.41, 5.74) is -0.614. The zero-order valence-corrected chi connectivity index (χ0v) is 20.1. The van der Waals surface area contributed by atoms with Gasteiger partial charge in [0, 0.05) is 23.9 Å². The molecular weight excluding hydrogens is 512 g/mol. The summed E-state index contributed by atoms with van der Waals surface area (Å²) in [6.07, 6.45) is -1.16. The van der Waals surface area contributed by atoms with Crippen LogP contribution in [-0.2, 0) is 17.5 Å². The number of rotatable bonds is 4. The van der Waals surface area contributed by atoms with E-state index in [1.807, 2.05) is 0 Å². The van der Waals surface area contributed by atoms with E-state index >= 15 is 0 Å². The van der Waals surface area contributed by atoms with Crippen molar-refractivity contribution in [1.82, 2.24) is 9.88 Å². The Kier molecular flexibility index (Phi) is 6.22. The molecule has 1 aromatic heterocycles. The van der Waals surface area contributed by atoms with Gasteiger partial charge < -0.3 is 10.0 Å². The Morgan fingerprint density at radius 1 is 1.11 bits per heavy atom. The number of hydrogen-bond donors (Lipinski definition) is 1. The zero-order valence-electron chi connectivity index (χ0n) is 19.4. The summed E-state index contributed by atoms with van der Waals surface area (Å²) in [6, 6.07) is 10.8. The standard InChI is InChI=1S/C27H21ClF4N2O3/c28-23-17(4-3-11-33-23)16-6-7-18-19(13-16)22(25(36)37)26(9-1-2-10-26)34(24(18)35)14-15-5-8-20(21(29)12-15)27(30,31)32/h3-8,11-13,22H,1-2,9-10,14H2,(H,36,37). The Hall–Kier alpha value is -3.46. The van der Waals surface area contributed by atoms with Crippen molar-refractivity contribution in [3.63, 3.8) is 0 Å². The minimum atomic E-state index is -4.85. The maximum atomic E-state index is 14.3. The van der Waals surface area contributed by atoms with E-state index in [0.717, 1.165) is 12.1 Å². The molecule has 1 N–H and O–H groups in total. The van der Waals surface area contributed by atoms with Crippen molar-refractivity contribution in [1.29, 1.82) is 0 Å². The molecule has 2 heterocycles. The normalized spacial score (nSPS) is 18.8. The molecule has 5 nitrogen and oxygen atoms in total. The second-order valence-corrected chi connectivity index (χ2v) is 9.79. The predicted octanol–water partition coefficient (Wildman–Crippen LogP) is 6.70. The van der Waals surface area contributed by atoms with Gasteiger partial charge in [-0.3, -0.25) is 9.59 Å². The lowest BCUT2D eigenvalue weighted by molar-refractivity contribution is -0.143. The molecule has 3 aromatic rings. The summed E-state index contributed by atoms with van der Waals surface area (Å²) in [7, 11) is 0. The van der Waals surface area contributed by atoms with E-state index in [1.165, 1.54) is 17.2 Å². The van der Waals surface area contributed by atoms with Gasteiger partial charge in [-0.15, -0.1) is 0 Å². The Morgan fingerprint density at radius 3 is 2.46 bits per heavy atom. The number of aliphatic carboxylic acids is 1. The van der Waals surface area contributed by atoms with Crippen LogP contribution in [0.15, 0.2) is 54.7 Å². The van der Waals surface area contributed by atoms with Crippen molar-refractivity contribution in [2.24, 2.45) is 0 Å². The number of carbonyl (C=O) groups excluding carboxylic acids is 1. The average molecular weight is 533 g/mol. The Morgan fingerprint density at radius 2 is 1.84 bits per heavy atom. The number of pyridine rings is 1. The van der Waals surface area contributed by atoms with E-state index in [1.54, 1.807) is 24.3 Å². The van der Waals surface area contributed by atoms with Crippen molar-refractivity contribution in [3.8, 4) is 11.1 Å². The molecule has 10 heteroatoms. The smallest absolute Gasteiger partial charge is 0.419 e. The van der Waals surface area contributed by atoms with Crippen LogP contribution in [0.2, 0.25) is 5.15 Å². The van der Waals surface area contributed by atoms with Crippen molar-refractivity contribution in [2.45, 2.75) is 49.9 Å². The number of carboxylic acid groups (broad SMARTS) is 1. The Balaban J connectivity index is 1.62. The van der Waals surface area contributed by atoms with E-state index in [4.69, 9.17) is 11.6 Å². The first kappa shape index (κ1) is 25.2. The van der Waals surface area contributed by atoms with Gasteiger partial charge in [-0.1, -0.05) is 36.6 Å². The summed E-state index contributed by atoms with van der Waals surface area (Å²) in [6.45, 7) is -0.215. The molecule has 37 heavy (non-hydrogen) atoms. The fourth-order valence-corrected chi connectivity index (χ4v) is 5.99. The molecule has 1 aliphatic carbocycles. The van der Waals surface area contributed by atoms with E-state index in [9.17, 15) is 32.3 Å². The molecule has 5 rings (SSSR count). The van der Waals surface area contributed by atoms with E-state index < -0.39 is 40.9 Å². The number of nitrogens with zero attached hydrogens (tertiary/aromatic N) is 2. The molecule has 1 saturated carbocycles. The van der Waals surface area contributed by atoms with E-state index in [-0.39, 0.29) is 22.8 Å². The number of hydrogen-bond acceptors (Lipinski definition) is 3. The number of fused-ring (bicyclic) bond motifs is 1. The zero-order chi connectivity index (χ0) is 26.5. The number of aromatic nitrogens is 1. The topological polar surface area (TPSA) is 70.5 Å². The third-order valence-corrected chi connectivity index (χ3v) is 7.68. The number of halogens is 5. The van der Waals surface area contributed by atoms with Crippen molar-refractivity contribution < 1.29 is 32.3 Å². The first-order valence-corrected chi connectivity index (χ1v) is 12.1. The molecule has 1 amide bonds. The molecule has 1 atom stereocenters. The van der Waals surface area contributed by atoms with Gasteiger partial charge in [-0.25, -0.2) is 9.37 Å². The predicted molar refractivity (Wildman–Crippen MR) is 128 cm³/mol. The van der Waals surface area contributed by atoms with Gasteiger partial charge >= 0.3 is 12.1 Å². The van der Waals surface area contributed by atoms with E-state index in [0.29, 0.717) is 48.4 Å². The van der Waals surface area contributed by atoms with Gasteiger partial charge in [0.1, 0.15) is 16.9 Å². The fourth-order valence-electron chi connectivity index (χ4n) is 5.77. The van der Waals surface area contributed by atoms with Crippen molar-refractivity contribution >= 4 is 23.5 Å². The molecule has 0 radical (unpaired) electrons. The minimum Gasteiger partial charge on any atom is -0.481 e. The highest BCUT2D eigenvalue weighted by Crippen LogP contribution is 2.51. The maximum absolute atomic E-state index is 14.3. The summed E-state index contributed by atoms with van der Waals surface area (Å²) < 4.78 is 53.5. The molecule has 2 aromatic carbocycles.